The van der Waals surface area contributed by atoms with Crippen LogP contribution >= 0.6 is 23.1 Å². The van der Waals surface area contributed by atoms with E-state index in [9.17, 15) is 4.79 Å². The molecule has 2 heterocycles. The Bertz CT molecular complexity index is 623. The minimum Gasteiger partial charge on any atom is -0.339 e. The average molecular weight is 316 g/mol. The van der Waals surface area contributed by atoms with Gasteiger partial charge in [-0.3, -0.25) is 9.79 Å². The molecule has 0 aliphatic carbocycles. The molecule has 0 N–H and O–H groups in total. The third kappa shape index (κ3) is 3.74. The Hall–Kier alpha value is -1.59. The van der Waals surface area contributed by atoms with Gasteiger partial charge in [-0.25, -0.2) is 0 Å². The molecule has 1 aliphatic rings. The van der Waals surface area contributed by atoms with Crippen molar-refractivity contribution in [3.63, 3.8) is 0 Å². The highest BCUT2D eigenvalue weighted by Crippen LogP contribution is 2.19. The highest BCUT2D eigenvalue weighted by Gasteiger charge is 2.20. The van der Waals surface area contributed by atoms with Crippen LogP contribution in [0, 0.1) is 0 Å². The normalized spacial score (nSPS) is 14.0. The number of carbonyl (C=O) groups is 1. The van der Waals surface area contributed by atoms with Gasteiger partial charge in [0.15, 0.2) is 11.0 Å². The Morgan fingerprint density at radius 2 is 2.05 bits per heavy atom. The molecule has 0 unspecified atom stereocenters. The number of hydrogen-bond acceptors (Lipinski definition) is 5. The van der Waals surface area contributed by atoms with Crippen LogP contribution in [0.5, 0.6) is 0 Å². The number of ketones is 1. The number of rotatable bonds is 5. The van der Waals surface area contributed by atoms with Gasteiger partial charge in [0.1, 0.15) is 0 Å². The molecule has 21 heavy (non-hydrogen) atoms. The van der Waals surface area contributed by atoms with E-state index >= 15 is 0 Å². The fourth-order valence-corrected chi connectivity index (χ4v) is 3.71. The number of amidine groups is 1. The second-order valence-corrected chi connectivity index (χ2v) is 6.76. The summed E-state index contributed by atoms with van der Waals surface area (Å²) in [5.41, 5.74) is 1.20. The van der Waals surface area contributed by atoms with Crippen LogP contribution in [0.4, 0.5) is 0 Å². The van der Waals surface area contributed by atoms with Crippen LogP contribution in [0.15, 0.2) is 52.8 Å². The number of carbonyl (C=O) groups excluding carboxylic acids is 1. The zero-order valence-corrected chi connectivity index (χ0v) is 13.2. The van der Waals surface area contributed by atoms with Crippen LogP contribution in [-0.4, -0.2) is 34.7 Å². The molecule has 1 aliphatic heterocycles. The van der Waals surface area contributed by atoms with Gasteiger partial charge in [0, 0.05) is 12.3 Å². The van der Waals surface area contributed by atoms with Gasteiger partial charge >= 0.3 is 0 Å². The van der Waals surface area contributed by atoms with Crippen molar-refractivity contribution in [3.05, 3.63) is 58.3 Å². The van der Waals surface area contributed by atoms with E-state index in [-0.39, 0.29) is 5.78 Å². The monoisotopic (exact) mass is 316 g/mol. The third-order valence-corrected chi connectivity index (χ3v) is 5.13. The Labute approximate surface area is 132 Å². The lowest BCUT2D eigenvalue weighted by molar-refractivity contribution is 0.0966. The summed E-state index contributed by atoms with van der Waals surface area (Å²) in [6, 6.07) is 14.0. The highest BCUT2D eigenvalue weighted by molar-refractivity contribution is 8.14. The zero-order valence-electron chi connectivity index (χ0n) is 11.6. The maximum atomic E-state index is 12.4. The summed E-state index contributed by atoms with van der Waals surface area (Å²) < 4.78 is 0. The molecule has 0 amide bonds. The topological polar surface area (TPSA) is 32.7 Å². The number of nitrogens with zero attached hydrogens (tertiary/aromatic N) is 2. The van der Waals surface area contributed by atoms with Crippen molar-refractivity contribution in [1.29, 1.82) is 0 Å². The van der Waals surface area contributed by atoms with E-state index in [1.54, 1.807) is 11.8 Å². The second-order valence-electron chi connectivity index (χ2n) is 4.75. The molecule has 0 atom stereocenters. The van der Waals surface area contributed by atoms with E-state index in [4.69, 9.17) is 0 Å². The van der Waals surface area contributed by atoms with Gasteiger partial charge in [-0.15, -0.1) is 11.3 Å². The van der Waals surface area contributed by atoms with E-state index in [0.29, 0.717) is 6.54 Å². The van der Waals surface area contributed by atoms with Crippen molar-refractivity contribution < 1.29 is 4.79 Å². The Morgan fingerprint density at radius 1 is 1.19 bits per heavy atom. The van der Waals surface area contributed by atoms with E-state index in [2.05, 4.69) is 22.0 Å². The molecule has 108 valence electrons. The van der Waals surface area contributed by atoms with Gasteiger partial charge in [0.05, 0.1) is 18.0 Å². The van der Waals surface area contributed by atoms with Crippen LogP contribution < -0.4 is 0 Å². The number of hydrogen-bond donors (Lipinski definition) is 0. The van der Waals surface area contributed by atoms with Gasteiger partial charge < -0.3 is 4.90 Å². The van der Waals surface area contributed by atoms with Gasteiger partial charge in [-0.05, 0) is 17.0 Å². The maximum Gasteiger partial charge on any atom is 0.192 e. The van der Waals surface area contributed by atoms with E-state index in [1.807, 2.05) is 35.7 Å². The van der Waals surface area contributed by atoms with E-state index in [0.717, 1.165) is 28.9 Å². The third-order valence-electron chi connectivity index (χ3n) is 3.19. The molecule has 0 radical (unpaired) electrons. The number of benzene rings is 1. The molecule has 0 fully saturated rings. The summed E-state index contributed by atoms with van der Waals surface area (Å²) in [6.07, 6.45) is 0. The SMILES string of the molecule is O=C(CN(Cc1ccccc1)C1=NCCS1)c1cccs1. The van der Waals surface area contributed by atoms with Crippen molar-refractivity contribution in [1.82, 2.24) is 4.90 Å². The van der Waals surface area contributed by atoms with Crippen molar-refractivity contribution >= 4 is 34.0 Å². The highest BCUT2D eigenvalue weighted by atomic mass is 32.2. The molecule has 3 rings (SSSR count). The zero-order chi connectivity index (χ0) is 14.5. The molecular weight excluding hydrogens is 300 g/mol. The molecule has 1 aromatic heterocycles. The second kappa shape index (κ2) is 6.91. The van der Waals surface area contributed by atoms with Crippen LogP contribution in [0.2, 0.25) is 0 Å². The summed E-state index contributed by atoms with van der Waals surface area (Å²) >= 11 is 3.24. The number of aliphatic imine (C=N–C) groups is 1. The summed E-state index contributed by atoms with van der Waals surface area (Å²) in [6.45, 7) is 1.96. The molecule has 0 saturated carbocycles. The minimum atomic E-state index is 0.163. The number of thiophene rings is 1. The molecule has 2 aromatic rings. The fraction of sp³-hybridized carbons (Fsp3) is 0.250. The molecule has 0 bridgehead atoms. The first-order chi connectivity index (χ1) is 10.3. The number of thioether (sulfide) groups is 1. The predicted octanol–water partition coefficient (Wildman–Crippen LogP) is 3.54. The first-order valence-corrected chi connectivity index (χ1v) is 8.72. The van der Waals surface area contributed by atoms with Crippen molar-refractivity contribution in [2.75, 3.05) is 18.8 Å². The lowest BCUT2D eigenvalue weighted by Gasteiger charge is -2.23. The standard InChI is InChI=1S/C16H16N2OS2/c19-14(15-7-4-9-20-15)12-18(16-17-8-10-21-16)11-13-5-2-1-3-6-13/h1-7,9H,8,10-12H2. The first kappa shape index (κ1) is 14.4. The summed E-state index contributed by atoms with van der Waals surface area (Å²) in [5, 5.41) is 2.93. The lowest BCUT2D eigenvalue weighted by Crippen LogP contribution is -2.32. The first-order valence-electron chi connectivity index (χ1n) is 6.86. The quantitative estimate of drug-likeness (QED) is 0.791. The fourth-order valence-electron chi connectivity index (χ4n) is 2.20. The van der Waals surface area contributed by atoms with E-state index < -0.39 is 0 Å². The van der Waals surface area contributed by atoms with Gasteiger partial charge in [-0.2, -0.15) is 0 Å². The molecular formula is C16H16N2OS2. The van der Waals surface area contributed by atoms with Crippen LogP contribution in [-0.2, 0) is 6.54 Å². The summed E-state index contributed by atoms with van der Waals surface area (Å²) in [7, 11) is 0. The van der Waals surface area contributed by atoms with Crippen LogP contribution in [0.25, 0.3) is 0 Å². The van der Waals surface area contributed by atoms with Gasteiger partial charge in [0.25, 0.3) is 0 Å². The van der Waals surface area contributed by atoms with Crippen LogP contribution in [0.3, 0.4) is 0 Å². The molecule has 0 spiro atoms. The van der Waals surface area contributed by atoms with Gasteiger partial charge in [-0.1, -0.05) is 48.2 Å². The van der Waals surface area contributed by atoms with E-state index in [1.165, 1.54) is 16.9 Å². The Kier molecular flexibility index (Phi) is 4.72. The largest absolute Gasteiger partial charge is 0.339 e. The lowest BCUT2D eigenvalue weighted by atomic mass is 10.2. The smallest absolute Gasteiger partial charge is 0.192 e. The molecule has 5 heteroatoms. The molecule has 0 saturated heterocycles. The van der Waals surface area contributed by atoms with Crippen molar-refractivity contribution in [3.8, 4) is 0 Å². The minimum absolute atomic E-state index is 0.163. The summed E-state index contributed by atoms with van der Waals surface area (Å²) in [5.74, 6) is 1.17. The van der Waals surface area contributed by atoms with Crippen molar-refractivity contribution in [2.24, 2.45) is 4.99 Å². The number of Topliss-reactive ketones (excluding diaryl/α,β-unsaturated/α-hetero) is 1. The average Bonchev–Trinajstić information content (AvgIpc) is 3.21. The molecule has 3 nitrogen and oxygen atoms in total. The predicted molar refractivity (Wildman–Crippen MR) is 90.3 cm³/mol. The Morgan fingerprint density at radius 3 is 2.71 bits per heavy atom. The van der Waals surface area contributed by atoms with Crippen LogP contribution in [0.1, 0.15) is 15.2 Å². The molecule has 1 aromatic carbocycles. The summed E-state index contributed by atoms with van der Waals surface area (Å²) in [4.78, 5) is 19.8. The van der Waals surface area contributed by atoms with Crippen molar-refractivity contribution in [2.45, 2.75) is 6.54 Å². The van der Waals surface area contributed by atoms with Gasteiger partial charge in [0.2, 0.25) is 0 Å². The maximum absolute atomic E-state index is 12.4. The Balaban J connectivity index is 1.75.